The molecule has 1 aromatic carbocycles. The van der Waals surface area contributed by atoms with Gasteiger partial charge >= 0.3 is 5.97 Å². The zero-order valence-corrected chi connectivity index (χ0v) is 27.7. The van der Waals surface area contributed by atoms with Crippen LogP contribution in [0, 0.1) is 62.6 Å². The van der Waals surface area contributed by atoms with Crippen LogP contribution in [-0.2, 0) is 9.59 Å². The third-order valence-electron chi connectivity index (χ3n) is 15.2. The number of carboxylic acids is 1. The Balaban J connectivity index is 1.47. The molecule has 5 fully saturated rings. The third-order valence-corrected chi connectivity index (χ3v) is 15.2. The van der Waals surface area contributed by atoms with Crippen LogP contribution in [0.15, 0.2) is 42.5 Å². The highest BCUT2D eigenvalue weighted by Gasteiger charge is 2.74. The first-order chi connectivity index (χ1) is 20.6. The first-order valence-corrected chi connectivity index (χ1v) is 17.1. The normalized spacial score (nSPS) is 45.9. The summed E-state index contributed by atoms with van der Waals surface area (Å²) in [4.78, 5) is 28.0. The van der Waals surface area contributed by atoms with Crippen molar-refractivity contribution in [3.63, 3.8) is 0 Å². The number of hydrogen-bond acceptors (Lipinski definition) is 4. The van der Waals surface area contributed by atoms with Crippen LogP contribution in [0.2, 0.25) is 0 Å². The summed E-state index contributed by atoms with van der Waals surface area (Å²) in [6.07, 6.45) is 10.8. The fourth-order valence-corrected chi connectivity index (χ4v) is 12.9. The van der Waals surface area contributed by atoms with E-state index in [-0.39, 0.29) is 57.1 Å². The first kappa shape index (κ1) is 31.6. The van der Waals surface area contributed by atoms with E-state index in [1.807, 2.05) is 6.07 Å². The number of fused-ring (bicyclic) bond motifs is 7. The van der Waals surface area contributed by atoms with Crippen LogP contribution in [0.4, 0.5) is 0 Å². The lowest BCUT2D eigenvalue weighted by Gasteiger charge is -2.73. The van der Waals surface area contributed by atoms with Crippen molar-refractivity contribution < 1.29 is 24.9 Å². The smallest absolute Gasteiger partial charge is 0.310 e. The van der Waals surface area contributed by atoms with Crippen LogP contribution in [0.1, 0.15) is 105 Å². The van der Waals surface area contributed by atoms with Crippen molar-refractivity contribution in [2.24, 2.45) is 62.6 Å². The molecule has 44 heavy (non-hydrogen) atoms. The van der Waals surface area contributed by atoms with E-state index in [1.54, 1.807) is 30.4 Å². The predicted molar refractivity (Wildman–Crippen MR) is 174 cm³/mol. The Morgan fingerprint density at radius 2 is 1.61 bits per heavy atom. The molecule has 5 saturated carbocycles. The van der Waals surface area contributed by atoms with Gasteiger partial charge < -0.3 is 15.3 Å². The number of rotatable bonds is 5. The Hall–Kier alpha value is -2.40. The molecule has 0 saturated heterocycles. The number of aliphatic hydroxyl groups is 1. The molecule has 5 nitrogen and oxygen atoms in total. The maximum Gasteiger partial charge on any atom is 0.310 e. The van der Waals surface area contributed by atoms with E-state index >= 15 is 0 Å². The van der Waals surface area contributed by atoms with E-state index in [0.717, 1.165) is 50.5 Å². The molecule has 0 aromatic heterocycles. The monoisotopic (exact) mass is 602 g/mol. The van der Waals surface area contributed by atoms with Gasteiger partial charge in [-0.25, -0.2) is 0 Å². The summed E-state index contributed by atoms with van der Waals surface area (Å²) in [7, 11) is 0. The maximum atomic E-state index is 14.4. The lowest BCUT2D eigenvalue weighted by Crippen LogP contribution is -2.68. The Morgan fingerprint density at radius 1 is 0.909 bits per heavy atom. The van der Waals surface area contributed by atoms with E-state index in [9.17, 15) is 24.9 Å². The van der Waals surface area contributed by atoms with Gasteiger partial charge in [-0.1, -0.05) is 65.0 Å². The number of allylic oxidation sites excluding steroid dienone is 2. The number of carboxylic acid groups (broad SMARTS) is 1. The highest BCUT2D eigenvalue weighted by Crippen LogP contribution is 2.78. The van der Waals surface area contributed by atoms with Gasteiger partial charge in [0, 0.05) is 11.5 Å². The lowest BCUT2D eigenvalue weighted by molar-refractivity contribution is -0.255. The molecule has 5 aliphatic rings. The minimum atomic E-state index is -1.12. The number of para-hydroxylation sites is 1. The van der Waals surface area contributed by atoms with Crippen LogP contribution in [-0.4, -0.2) is 33.2 Å². The van der Waals surface area contributed by atoms with Crippen LogP contribution in [0.25, 0.3) is 6.08 Å². The highest BCUT2D eigenvalue weighted by atomic mass is 16.4. The van der Waals surface area contributed by atoms with E-state index in [4.69, 9.17) is 0 Å². The van der Waals surface area contributed by atoms with E-state index in [0.29, 0.717) is 30.2 Å². The second kappa shape index (κ2) is 10.3. The molecule has 5 aliphatic carbocycles. The van der Waals surface area contributed by atoms with Crippen LogP contribution >= 0.6 is 0 Å². The van der Waals surface area contributed by atoms with Crippen LogP contribution in [0.3, 0.4) is 0 Å². The minimum absolute atomic E-state index is 0.0492. The average molecular weight is 603 g/mol. The predicted octanol–water partition coefficient (Wildman–Crippen LogP) is 8.30. The van der Waals surface area contributed by atoms with Crippen molar-refractivity contribution in [1.29, 1.82) is 0 Å². The molecule has 240 valence electrons. The molecule has 0 radical (unpaired) electrons. The molecule has 0 amide bonds. The fourth-order valence-electron chi connectivity index (χ4n) is 12.9. The molecule has 5 heteroatoms. The van der Waals surface area contributed by atoms with Gasteiger partial charge in [-0.05, 0) is 134 Å². The quantitative estimate of drug-likeness (QED) is 0.233. The molecule has 11 atom stereocenters. The summed E-state index contributed by atoms with van der Waals surface area (Å²) in [6.45, 7) is 18.4. The SMILES string of the molecule is C=C(C)[C@@H]1CC[C@]2(C(=O)O)C(C(=O)C=Cc3ccccc3O)C[C@]3(C)[C@H](CC[C@@H]4[C@@]5(C)CC[C@H](O)C(C)(C)[C@@H]5CC[C@]43C)[C@@H]12. The van der Waals surface area contributed by atoms with E-state index in [2.05, 4.69) is 48.1 Å². The van der Waals surface area contributed by atoms with Gasteiger partial charge in [-0.3, -0.25) is 9.59 Å². The standard InChI is InChI=1S/C39H54O5/c1-23(2)25-16-21-39(34(43)44)27(29(41)14-12-24-10-8-9-11-28(24)40)22-38(7)26(33(25)39)13-15-31-36(5)19-18-32(42)35(3,4)30(36)17-20-37(31,38)6/h8-12,14,25-27,30-33,40,42H,1,13,15-22H2,2-7H3,(H,43,44)/t25-,26+,27?,30-,31+,32-,33+,36-,37+,38+,39-/m0/s1. The third kappa shape index (κ3) is 4.06. The number of phenols is 1. The summed E-state index contributed by atoms with van der Waals surface area (Å²) < 4.78 is 0. The van der Waals surface area contributed by atoms with E-state index in [1.165, 1.54) is 0 Å². The number of hydrogen-bond donors (Lipinski definition) is 3. The largest absolute Gasteiger partial charge is 0.507 e. The zero-order chi connectivity index (χ0) is 32.0. The summed E-state index contributed by atoms with van der Waals surface area (Å²) in [6, 6.07) is 6.95. The van der Waals surface area contributed by atoms with Gasteiger partial charge in [0.1, 0.15) is 5.75 Å². The Kier molecular flexibility index (Phi) is 7.40. The molecule has 0 heterocycles. The molecule has 0 aliphatic heterocycles. The van der Waals surface area contributed by atoms with Crippen molar-refractivity contribution in [1.82, 2.24) is 0 Å². The number of aromatic hydroxyl groups is 1. The van der Waals surface area contributed by atoms with Gasteiger partial charge in [0.05, 0.1) is 11.5 Å². The van der Waals surface area contributed by atoms with Gasteiger partial charge in [0.15, 0.2) is 5.78 Å². The molecule has 1 unspecified atom stereocenters. The van der Waals surface area contributed by atoms with Crippen molar-refractivity contribution in [2.75, 3.05) is 0 Å². The van der Waals surface area contributed by atoms with E-state index < -0.39 is 17.3 Å². The van der Waals surface area contributed by atoms with Crippen molar-refractivity contribution in [2.45, 2.75) is 105 Å². The molecular formula is C39H54O5. The second-order valence-corrected chi connectivity index (χ2v) is 17.0. The Morgan fingerprint density at radius 3 is 2.27 bits per heavy atom. The average Bonchev–Trinajstić information content (AvgIpc) is 3.37. The minimum Gasteiger partial charge on any atom is -0.507 e. The first-order valence-electron chi connectivity index (χ1n) is 17.1. The number of carbonyl (C=O) groups is 2. The lowest BCUT2D eigenvalue weighted by atomic mass is 9.31. The van der Waals surface area contributed by atoms with Gasteiger partial charge in [0.25, 0.3) is 0 Å². The van der Waals surface area contributed by atoms with Crippen molar-refractivity contribution in [3.05, 3.63) is 48.1 Å². The highest BCUT2D eigenvalue weighted by molar-refractivity contribution is 5.99. The summed E-state index contributed by atoms with van der Waals surface area (Å²) >= 11 is 0. The molecule has 0 bridgehead atoms. The summed E-state index contributed by atoms with van der Waals surface area (Å²) in [5, 5.41) is 32.6. The Bertz CT molecular complexity index is 1390. The van der Waals surface area contributed by atoms with Crippen molar-refractivity contribution >= 4 is 17.8 Å². The zero-order valence-electron chi connectivity index (χ0n) is 27.7. The summed E-state index contributed by atoms with van der Waals surface area (Å²) in [5.41, 5.74) is 0.185. The number of aliphatic carboxylic acids is 1. The van der Waals surface area contributed by atoms with Gasteiger partial charge in [-0.2, -0.15) is 0 Å². The number of aliphatic hydroxyl groups excluding tert-OH is 1. The number of benzene rings is 1. The molecule has 3 N–H and O–H groups in total. The molecule has 6 rings (SSSR count). The van der Waals surface area contributed by atoms with Gasteiger partial charge in [0.2, 0.25) is 0 Å². The van der Waals surface area contributed by atoms with Crippen LogP contribution < -0.4 is 0 Å². The second-order valence-electron chi connectivity index (χ2n) is 17.0. The van der Waals surface area contributed by atoms with Crippen LogP contribution in [0.5, 0.6) is 5.75 Å². The topological polar surface area (TPSA) is 94.8 Å². The van der Waals surface area contributed by atoms with Gasteiger partial charge in [-0.15, -0.1) is 0 Å². The molecular weight excluding hydrogens is 548 g/mol. The fraction of sp³-hybridized carbons (Fsp3) is 0.692. The van der Waals surface area contributed by atoms with Crippen molar-refractivity contribution in [3.8, 4) is 5.75 Å². The summed E-state index contributed by atoms with van der Waals surface area (Å²) in [5.74, 6) is -0.427. The maximum absolute atomic E-state index is 14.4. The molecule has 1 aromatic rings. The number of ketones is 1. The molecule has 0 spiro atoms. The Labute approximate surface area is 264 Å². The number of phenolic OH excluding ortho intramolecular Hbond substituents is 1. The number of carbonyl (C=O) groups excluding carboxylic acids is 1.